The van der Waals surface area contributed by atoms with Crippen molar-refractivity contribution in [3.8, 4) is 5.75 Å². The second-order valence-electron chi connectivity index (χ2n) is 7.15. The molecule has 0 saturated carbocycles. The van der Waals surface area contributed by atoms with Crippen LogP contribution in [0.5, 0.6) is 5.75 Å². The Morgan fingerprint density at radius 3 is 2.14 bits per heavy atom. The first kappa shape index (κ1) is 23.1. The highest BCUT2D eigenvalue weighted by atomic mass is 32.2. The Bertz CT molecular complexity index is 875. The SMILES string of the molecule is CCCCCCCCCCOc1ccc(S(=O)(=O)O)cc1C(=O)c1ccccc1. The normalized spacial score (nSPS) is 11.4. The van der Waals surface area contributed by atoms with Crippen LogP contribution in [0.25, 0.3) is 0 Å². The molecule has 0 aliphatic heterocycles. The van der Waals surface area contributed by atoms with E-state index >= 15 is 0 Å². The van der Waals surface area contributed by atoms with Crippen LogP contribution in [0, 0.1) is 0 Å². The summed E-state index contributed by atoms with van der Waals surface area (Å²) in [4.78, 5) is 12.5. The van der Waals surface area contributed by atoms with Crippen molar-refractivity contribution >= 4 is 15.9 Å². The molecule has 5 nitrogen and oxygen atoms in total. The number of carbonyl (C=O) groups is 1. The number of rotatable bonds is 13. The molecule has 0 saturated heterocycles. The lowest BCUT2D eigenvalue weighted by atomic mass is 10.0. The molecule has 29 heavy (non-hydrogen) atoms. The van der Waals surface area contributed by atoms with E-state index in [1.165, 1.54) is 50.3 Å². The van der Waals surface area contributed by atoms with Gasteiger partial charge in [-0.2, -0.15) is 8.42 Å². The first-order chi connectivity index (χ1) is 13.9. The molecule has 6 heteroatoms. The van der Waals surface area contributed by atoms with Crippen LogP contribution < -0.4 is 4.74 Å². The highest BCUT2D eigenvalue weighted by Crippen LogP contribution is 2.26. The molecule has 0 aliphatic rings. The second kappa shape index (κ2) is 11.7. The monoisotopic (exact) mass is 418 g/mol. The fraction of sp³-hybridized carbons (Fsp3) is 0.435. The lowest BCUT2D eigenvalue weighted by Crippen LogP contribution is -2.09. The summed E-state index contributed by atoms with van der Waals surface area (Å²) in [7, 11) is -4.41. The molecule has 0 atom stereocenters. The maximum atomic E-state index is 12.9. The van der Waals surface area contributed by atoms with E-state index in [-0.39, 0.29) is 16.2 Å². The number of ether oxygens (including phenoxy) is 1. The molecule has 0 fully saturated rings. The van der Waals surface area contributed by atoms with Crippen molar-refractivity contribution in [2.45, 2.75) is 63.2 Å². The predicted molar refractivity (Wildman–Crippen MR) is 114 cm³/mol. The fourth-order valence-corrected chi connectivity index (χ4v) is 3.64. The molecule has 1 N–H and O–H groups in total. The molecule has 0 heterocycles. The van der Waals surface area contributed by atoms with Crippen LogP contribution in [-0.4, -0.2) is 25.4 Å². The van der Waals surface area contributed by atoms with Gasteiger partial charge in [0.1, 0.15) is 5.75 Å². The van der Waals surface area contributed by atoms with Gasteiger partial charge in [0.2, 0.25) is 0 Å². The highest BCUT2D eigenvalue weighted by Gasteiger charge is 2.19. The van der Waals surface area contributed by atoms with Gasteiger partial charge in [-0.1, -0.05) is 82.2 Å². The van der Waals surface area contributed by atoms with Gasteiger partial charge >= 0.3 is 0 Å². The molecule has 0 aliphatic carbocycles. The number of ketones is 1. The molecule has 2 aromatic carbocycles. The predicted octanol–water partition coefficient (Wildman–Crippen LogP) is 5.68. The average Bonchev–Trinajstić information content (AvgIpc) is 2.72. The van der Waals surface area contributed by atoms with Gasteiger partial charge in [0.25, 0.3) is 10.1 Å². The number of hydrogen-bond acceptors (Lipinski definition) is 4. The van der Waals surface area contributed by atoms with Crippen molar-refractivity contribution < 1.29 is 22.5 Å². The molecule has 0 amide bonds. The fourth-order valence-electron chi connectivity index (χ4n) is 3.14. The van der Waals surface area contributed by atoms with Gasteiger partial charge in [-0.15, -0.1) is 0 Å². The maximum absolute atomic E-state index is 12.9. The van der Waals surface area contributed by atoms with Gasteiger partial charge in [-0.3, -0.25) is 9.35 Å². The standard InChI is InChI=1S/C23H30O5S/c1-2-3-4-5-6-7-8-12-17-28-22-16-15-20(29(25,26)27)18-21(22)23(24)19-13-10-9-11-14-19/h9-11,13-16,18H,2-8,12,17H2,1H3,(H,25,26,27). The van der Waals surface area contributed by atoms with Crippen LogP contribution in [-0.2, 0) is 10.1 Å². The zero-order chi connectivity index (χ0) is 21.1. The topological polar surface area (TPSA) is 80.7 Å². The lowest BCUT2D eigenvalue weighted by molar-refractivity contribution is 0.103. The van der Waals surface area contributed by atoms with Gasteiger partial charge in [-0.05, 0) is 24.6 Å². The first-order valence-corrected chi connectivity index (χ1v) is 11.7. The minimum absolute atomic E-state index is 0.130. The Balaban J connectivity index is 2.00. The summed E-state index contributed by atoms with van der Waals surface area (Å²) in [6.07, 6.45) is 9.39. The molecule has 2 rings (SSSR count). The van der Waals surface area contributed by atoms with E-state index in [0.29, 0.717) is 17.9 Å². The van der Waals surface area contributed by atoms with E-state index in [0.717, 1.165) is 19.3 Å². The number of carbonyl (C=O) groups excluding carboxylic acids is 1. The molecule has 158 valence electrons. The van der Waals surface area contributed by atoms with E-state index < -0.39 is 10.1 Å². The van der Waals surface area contributed by atoms with E-state index in [1.807, 2.05) is 0 Å². The molecule has 2 aromatic rings. The largest absolute Gasteiger partial charge is 0.493 e. The van der Waals surface area contributed by atoms with Gasteiger partial charge < -0.3 is 4.74 Å². The summed E-state index contributed by atoms with van der Waals surface area (Å²) < 4.78 is 38.1. The maximum Gasteiger partial charge on any atom is 0.294 e. The number of benzene rings is 2. The van der Waals surface area contributed by atoms with Crippen molar-refractivity contribution in [2.24, 2.45) is 0 Å². The molecule has 0 spiro atoms. The molecule has 0 aromatic heterocycles. The van der Waals surface area contributed by atoms with Crippen LogP contribution in [0.4, 0.5) is 0 Å². The average molecular weight is 419 g/mol. The Morgan fingerprint density at radius 1 is 0.897 bits per heavy atom. The summed E-state index contributed by atoms with van der Waals surface area (Å²) in [5.74, 6) is -0.0174. The Hall–Kier alpha value is -2.18. The van der Waals surface area contributed by atoms with Crippen molar-refractivity contribution in [1.29, 1.82) is 0 Å². The molecular formula is C23H30O5S. The molecule has 0 bridgehead atoms. The van der Waals surface area contributed by atoms with Gasteiger partial charge in [0, 0.05) is 5.56 Å². The second-order valence-corrected chi connectivity index (χ2v) is 8.57. The third-order valence-corrected chi connectivity index (χ3v) is 5.63. The summed E-state index contributed by atoms with van der Waals surface area (Å²) in [5.41, 5.74) is 0.558. The minimum atomic E-state index is -4.41. The molecule has 0 unspecified atom stereocenters. The Kier molecular flexibility index (Phi) is 9.35. The summed E-state index contributed by atoms with van der Waals surface area (Å²) in [6, 6.07) is 12.4. The number of unbranched alkanes of at least 4 members (excludes halogenated alkanes) is 7. The Morgan fingerprint density at radius 2 is 1.52 bits per heavy atom. The lowest BCUT2D eigenvalue weighted by Gasteiger charge is -2.12. The van der Waals surface area contributed by atoms with Crippen molar-refractivity contribution in [3.63, 3.8) is 0 Å². The highest BCUT2D eigenvalue weighted by molar-refractivity contribution is 7.85. The summed E-state index contributed by atoms with van der Waals surface area (Å²) in [5, 5.41) is 0. The van der Waals surface area contributed by atoms with Crippen molar-refractivity contribution in [3.05, 3.63) is 59.7 Å². The van der Waals surface area contributed by atoms with E-state index in [4.69, 9.17) is 4.74 Å². The zero-order valence-electron chi connectivity index (χ0n) is 17.0. The van der Waals surface area contributed by atoms with E-state index in [1.54, 1.807) is 30.3 Å². The molecular weight excluding hydrogens is 388 g/mol. The first-order valence-electron chi connectivity index (χ1n) is 10.3. The zero-order valence-corrected chi connectivity index (χ0v) is 17.8. The van der Waals surface area contributed by atoms with Crippen molar-refractivity contribution in [2.75, 3.05) is 6.61 Å². The van der Waals surface area contributed by atoms with Crippen LogP contribution in [0.2, 0.25) is 0 Å². The van der Waals surface area contributed by atoms with Crippen LogP contribution in [0.15, 0.2) is 53.4 Å². The van der Waals surface area contributed by atoms with Gasteiger partial charge in [0.05, 0.1) is 17.1 Å². The third kappa shape index (κ3) is 7.63. The van der Waals surface area contributed by atoms with E-state index in [2.05, 4.69) is 6.92 Å². The van der Waals surface area contributed by atoms with Gasteiger partial charge in [0.15, 0.2) is 5.78 Å². The van der Waals surface area contributed by atoms with Crippen LogP contribution in [0.3, 0.4) is 0 Å². The number of hydrogen-bond donors (Lipinski definition) is 1. The third-order valence-electron chi connectivity index (χ3n) is 4.78. The van der Waals surface area contributed by atoms with Crippen molar-refractivity contribution in [1.82, 2.24) is 0 Å². The summed E-state index contributed by atoms with van der Waals surface area (Å²) >= 11 is 0. The summed E-state index contributed by atoms with van der Waals surface area (Å²) in [6.45, 7) is 2.66. The Labute approximate surface area is 173 Å². The smallest absolute Gasteiger partial charge is 0.294 e. The minimum Gasteiger partial charge on any atom is -0.493 e. The van der Waals surface area contributed by atoms with Crippen LogP contribution >= 0.6 is 0 Å². The quantitative estimate of drug-likeness (QED) is 0.257. The van der Waals surface area contributed by atoms with E-state index in [9.17, 15) is 17.8 Å². The van der Waals surface area contributed by atoms with Gasteiger partial charge in [-0.25, -0.2) is 0 Å². The van der Waals surface area contributed by atoms with Crippen LogP contribution in [0.1, 0.15) is 74.2 Å². The molecule has 0 radical (unpaired) electrons.